The van der Waals surface area contributed by atoms with Crippen LogP contribution in [0.3, 0.4) is 0 Å². The van der Waals surface area contributed by atoms with Crippen LogP contribution in [-0.4, -0.2) is 49.8 Å². The summed E-state index contributed by atoms with van der Waals surface area (Å²) in [7, 11) is 0. The van der Waals surface area contributed by atoms with E-state index in [-0.39, 0.29) is 12.2 Å². The van der Waals surface area contributed by atoms with Crippen LogP contribution < -0.4 is 5.32 Å². The van der Waals surface area contributed by atoms with E-state index in [4.69, 9.17) is 9.84 Å². The Labute approximate surface area is 127 Å². The molecule has 0 aliphatic heterocycles. The molecule has 0 bridgehead atoms. The van der Waals surface area contributed by atoms with E-state index >= 15 is 0 Å². The Morgan fingerprint density at radius 3 is 2.62 bits per heavy atom. The maximum atomic E-state index is 11.6. The third-order valence-corrected chi connectivity index (χ3v) is 2.94. The van der Waals surface area contributed by atoms with Gasteiger partial charge < -0.3 is 15.2 Å². The van der Waals surface area contributed by atoms with Crippen LogP contribution >= 0.6 is 11.8 Å². The molecule has 0 radical (unpaired) electrons. The van der Waals surface area contributed by atoms with E-state index in [9.17, 15) is 9.59 Å². The molecule has 1 aromatic heterocycles. The molecule has 0 aliphatic carbocycles. The molecule has 0 aliphatic rings. The normalized spacial score (nSPS) is 11.2. The van der Waals surface area contributed by atoms with Crippen molar-refractivity contribution in [1.82, 2.24) is 20.3 Å². The highest BCUT2D eigenvalue weighted by atomic mass is 32.2. The van der Waals surface area contributed by atoms with E-state index in [1.165, 1.54) is 4.68 Å². The number of rotatable bonds is 6. The molecular formula is C12H20N4O4S. The van der Waals surface area contributed by atoms with E-state index in [0.29, 0.717) is 12.2 Å². The minimum absolute atomic E-state index is 0.00206. The fraction of sp³-hybridized carbons (Fsp3) is 0.667. The van der Waals surface area contributed by atoms with E-state index in [1.807, 2.05) is 6.26 Å². The second-order valence-corrected chi connectivity index (χ2v) is 6.25. The molecular weight excluding hydrogens is 296 g/mol. The quantitative estimate of drug-likeness (QED) is 0.816. The van der Waals surface area contributed by atoms with Gasteiger partial charge in [0.1, 0.15) is 5.60 Å². The molecule has 8 nitrogen and oxygen atoms in total. The summed E-state index contributed by atoms with van der Waals surface area (Å²) < 4.78 is 6.59. The molecule has 2 N–H and O–H groups in total. The van der Waals surface area contributed by atoms with Gasteiger partial charge in [0, 0.05) is 5.75 Å². The van der Waals surface area contributed by atoms with Crippen molar-refractivity contribution >= 4 is 23.8 Å². The number of alkyl carbamates (subject to hydrolysis) is 1. The van der Waals surface area contributed by atoms with Gasteiger partial charge in [0.05, 0.1) is 18.8 Å². The molecule has 0 saturated carbocycles. The standard InChI is InChI=1S/C12H20N4O4S/c1-12(2,3)20-11(19)13-7-8-9(10(17)18)14-15-16(8)5-6-21-4/h5-7H2,1-4H3,(H,13,19)(H,17,18). The summed E-state index contributed by atoms with van der Waals surface area (Å²) in [5, 5.41) is 19.1. The second-order valence-electron chi connectivity index (χ2n) is 5.26. The van der Waals surface area contributed by atoms with E-state index in [1.54, 1.807) is 32.5 Å². The van der Waals surface area contributed by atoms with E-state index < -0.39 is 17.7 Å². The van der Waals surface area contributed by atoms with Gasteiger partial charge in [-0.05, 0) is 27.0 Å². The topological polar surface area (TPSA) is 106 Å². The number of ether oxygens (including phenoxy) is 1. The Hall–Kier alpha value is -1.77. The van der Waals surface area contributed by atoms with Gasteiger partial charge in [-0.25, -0.2) is 14.3 Å². The van der Waals surface area contributed by atoms with Gasteiger partial charge in [-0.3, -0.25) is 0 Å². The van der Waals surface area contributed by atoms with Crippen molar-refractivity contribution in [2.75, 3.05) is 12.0 Å². The summed E-state index contributed by atoms with van der Waals surface area (Å²) in [6.45, 7) is 5.77. The summed E-state index contributed by atoms with van der Waals surface area (Å²) in [5.74, 6) is -0.409. The van der Waals surface area contributed by atoms with Crippen molar-refractivity contribution in [2.45, 2.75) is 39.5 Å². The average Bonchev–Trinajstić information content (AvgIpc) is 2.74. The zero-order chi connectivity index (χ0) is 16.0. The van der Waals surface area contributed by atoms with Gasteiger partial charge in [-0.15, -0.1) is 5.10 Å². The zero-order valence-corrected chi connectivity index (χ0v) is 13.4. The van der Waals surface area contributed by atoms with Gasteiger partial charge >= 0.3 is 12.1 Å². The van der Waals surface area contributed by atoms with Gasteiger partial charge in [-0.1, -0.05) is 5.21 Å². The van der Waals surface area contributed by atoms with Crippen LogP contribution in [0.1, 0.15) is 37.0 Å². The van der Waals surface area contributed by atoms with Gasteiger partial charge in [0.2, 0.25) is 0 Å². The smallest absolute Gasteiger partial charge is 0.407 e. The van der Waals surface area contributed by atoms with Crippen molar-refractivity contribution in [2.24, 2.45) is 0 Å². The second kappa shape index (κ2) is 7.30. The number of carbonyl (C=O) groups excluding carboxylic acids is 1. The highest BCUT2D eigenvalue weighted by Crippen LogP contribution is 2.09. The third kappa shape index (κ3) is 5.62. The van der Waals surface area contributed by atoms with Crippen LogP contribution in [0.25, 0.3) is 0 Å². The number of carboxylic acid groups (broad SMARTS) is 1. The number of amides is 1. The molecule has 0 spiro atoms. The lowest BCUT2D eigenvalue weighted by Gasteiger charge is -2.19. The van der Waals surface area contributed by atoms with Crippen LogP contribution in [0.15, 0.2) is 0 Å². The first-order valence-electron chi connectivity index (χ1n) is 6.36. The molecule has 21 heavy (non-hydrogen) atoms. The third-order valence-electron chi connectivity index (χ3n) is 2.35. The summed E-state index contributed by atoms with van der Waals surface area (Å²) in [6.07, 6.45) is 1.32. The first-order chi connectivity index (χ1) is 9.74. The number of thioether (sulfide) groups is 1. The molecule has 0 atom stereocenters. The Bertz CT molecular complexity index is 510. The van der Waals surface area contributed by atoms with Crippen molar-refractivity contribution < 1.29 is 19.4 Å². The maximum absolute atomic E-state index is 11.6. The monoisotopic (exact) mass is 316 g/mol. The first kappa shape index (κ1) is 17.3. The Morgan fingerprint density at radius 2 is 2.10 bits per heavy atom. The fourth-order valence-corrected chi connectivity index (χ4v) is 1.86. The SMILES string of the molecule is CSCCn1nnc(C(=O)O)c1CNC(=O)OC(C)(C)C. The largest absolute Gasteiger partial charge is 0.476 e. The number of nitrogens with zero attached hydrogens (tertiary/aromatic N) is 3. The van der Waals surface area contributed by atoms with Crippen molar-refractivity contribution in [3.8, 4) is 0 Å². The molecule has 1 heterocycles. The van der Waals surface area contributed by atoms with Crippen molar-refractivity contribution in [3.63, 3.8) is 0 Å². The van der Waals surface area contributed by atoms with Crippen LogP contribution in [0.5, 0.6) is 0 Å². The van der Waals surface area contributed by atoms with Crippen LogP contribution in [-0.2, 0) is 17.8 Å². The molecule has 118 valence electrons. The summed E-state index contributed by atoms with van der Waals surface area (Å²) in [5.41, 5.74) is -0.425. The number of carboxylic acids is 1. The molecule has 0 aromatic carbocycles. The average molecular weight is 316 g/mol. The van der Waals surface area contributed by atoms with E-state index in [0.717, 1.165) is 5.75 Å². The molecule has 1 rings (SSSR count). The lowest BCUT2D eigenvalue weighted by atomic mass is 10.2. The van der Waals surface area contributed by atoms with Crippen molar-refractivity contribution in [1.29, 1.82) is 0 Å². The lowest BCUT2D eigenvalue weighted by molar-refractivity contribution is 0.0519. The zero-order valence-electron chi connectivity index (χ0n) is 12.5. The molecule has 9 heteroatoms. The van der Waals surface area contributed by atoms with Crippen LogP contribution in [0, 0.1) is 0 Å². The van der Waals surface area contributed by atoms with Crippen LogP contribution in [0.2, 0.25) is 0 Å². The number of nitrogens with one attached hydrogen (secondary N) is 1. The summed E-state index contributed by atoms with van der Waals surface area (Å²) in [6, 6.07) is 0. The molecule has 0 fully saturated rings. The number of hydrogen-bond acceptors (Lipinski definition) is 6. The predicted octanol–water partition coefficient (Wildman–Crippen LogP) is 1.36. The molecule has 0 saturated heterocycles. The number of aromatic carboxylic acids is 1. The van der Waals surface area contributed by atoms with E-state index in [2.05, 4.69) is 15.6 Å². The highest BCUT2D eigenvalue weighted by Gasteiger charge is 2.21. The minimum atomic E-state index is -1.17. The Balaban J connectivity index is 2.77. The molecule has 0 unspecified atom stereocenters. The molecule has 1 aromatic rings. The summed E-state index contributed by atoms with van der Waals surface area (Å²) in [4.78, 5) is 22.7. The predicted molar refractivity (Wildman–Crippen MR) is 78.4 cm³/mol. The number of aromatic nitrogens is 3. The first-order valence-corrected chi connectivity index (χ1v) is 7.75. The number of aryl methyl sites for hydroxylation is 1. The molecule has 1 amide bonds. The lowest BCUT2D eigenvalue weighted by Crippen LogP contribution is -2.33. The van der Waals surface area contributed by atoms with Gasteiger partial charge in [0.15, 0.2) is 5.69 Å². The van der Waals surface area contributed by atoms with Gasteiger partial charge in [0.25, 0.3) is 0 Å². The summed E-state index contributed by atoms with van der Waals surface area (Å²) >= 11 is 1.61. The minimum Gasteiger partial charge on any atom is -0.476 e. The highest BCUT2D eigenvalue weighted by molar-refractivity contribution is 7.98. The number of hydrogen-bond donors (Lipinski definition) is 2. The maximum Gasteiger partial charge on any atom is 0.407 e. The Morgan fingerprint density at radius 1 is 1.43 bits per heavy atom. The van der Waals surface area contributed by atoms with Crippen LogP contribution in [0.4, 0.5) is 4.79 Å². The van der Waals surface area contributed by atoms with Gasteiger partial charge in [-0.2, -0.15) is 11.8 Å². The fourth-order valence-electron chi connectivity index (χ4n) is 1.50. The Kier molecular flexibility index (Phi) is 6.01. The van der Waals surface area contributed by atoms with Crippen molar-refractivity contribution in [3.05, 3.63) is 11.4 Å². The number of carbonyl (C=O) groups is 2.